The molecule has 0 aliphatic carbocycles. The molecule has 8 heteroatoms. The minimum absolute atomic E-state index is 0.393. The lowest BCUT2D eigenvalue weighted by molar-refractivity contribution is 0.931. The molecule has 8 nitrogen and oxygen atoms in total. The van der Waals surface area contributed by atoms with E-state index in [0.717, 1.165) is 16.6 Å². The van der Waals surface area contributed by atoms with Gasteiger partial charge in [0.25, 0.3) is 0 Å². The molecule has 0 fully saturated rings. The second-order valence-electron chi connectivity index (χ2n) is 6.04. The number of aromatic nitrogens is 7. The maximum Gasteiger partial charge on any atom is 0.128 e. The van der Waals surface area contributed by atoms with E-state index in [-0.39, 0.29) is 0 Å². The number of H-pyrrole nitrogens is 1. The van der Waals surface area contributed by atoms with E-state index in [1.165, 1.54) is 0 Å². The van der Waals surface area contributed by atoms with E-state index in [4.69, 9.17) is 0 Å². The molecule has 0 saturated heterocycles. The molecule has 5 heterocycles. The van der Waals surface area contributed by atoms with Crippen molar-refractivity contribution in [3.05, 3.63) is 72.9 Å². The first-order valence-electron chi connectivity index (χ1n) is 8.50. The van der Waals surface area contributed by atoms with Crippen molar-refractivity contribution in [2.24, 2.45) is 0 Å². The molecule has 0 spiro atoms. The third-order valence-electron chi connectivity index (χ3n) is 4.46. The molecule has 0 aromatic carbocycles. The molecule has 5 aromatic heterocycles. The van der Waals surface area contributed by atoms with Crippen LogP contribution in [0.4, 0.5) is 0 Å². The Hall–Kier alpha value is -4.38. The van der Waals surface area contributed by atoms with Gasteiger partial charge in [0.05, 0.1) is 28.5 Å². The lowest BCUT2D eigenvalue weighted by atomic mass is 9.99. The molecule has 0 unspecified atom stereocenters. The van der Waals surface area contributed by atoms with Gasteiger partial charge in [0.15, 0.2) is 0 Å². The third kappa shape index (κ3) is 2.42. The van der Waals surface area contributed by atoms with E-state index in [9.17, 15) is 5.26 Å². The quantitative estimate of drug-likeness (QED) is 0.527. The van der Waals surface area contributed by atoms with Gasteiger partial charge < -0.3 is 0 Å². The van der Waals surface area contributed by atoms with Gasteiger partial charge in [-0.3, -0.25) is 9.97 Å². The van der Waals surface area contributed by atoms with Crippen LogP contribution in [0.2, 0.25) is 0 Å². The summed E-state index contributed by atoms with van der Waals surface area (Å²) in [5, 5.41) is 25.5. The first-order chi connectivity index (χ1) is 13.9. The molecule has 0 aliphatic heterocycles. The first-order valence-corrected chi connectivity index (χ1v) is 8.50. The summed E-state index contributed by atoms with van der Waals surface area (Å²) in [6.07, 6.45) is 8.63. The number of rotatable bonds is 3. The second kappa shape index (κ2) is 6.41. The van der Waals surface area contributed by atoms with Crippen molar-refractivity contribution in [2.45, 2.75) is 0 Å². The van der Waals surface area contributed by atoms with Crippen molar-refractivity contribution in [1.29, 1.82) is 5.26 Å². The van der Waals surface area contributed by atoms with E-state index in [1.807, 2.05) is 42.6 Å². The topological polar surface area (TPSA) is 108 Å². The van der Waals surface area contributed by atoms with Crippen molar-refractivity contribution in [3.63, 3.8) is 0 Å². The van der Waals surface area contributed by atoms with Crippen molar-refractivity contribution in [3.8, 4) is 39.8 Å². The molecular formula is C20H12N8. The van der Waals surface area contributed by atoms with Gasteiger partial charge in [-0.05, 0) is 24.3 Å². The minimum atomic E-state index is 0.393. The fourth-order valence-corrected chi connectivity index (χ4v) is 3.27. The number of fused-ring (bicyclic) bond motifs is 1. The summed E-state index contributed by atoms with van der Waals surface area (Å²) in [4.78, 5) is 8.58. The van der Waals surface area contributed by atoms with Crippen LogP contribution in [0.1, 0.15) is 5.56 Å². The van der Waals surface area contributed by atoms with Crippen molar-refractivity contribution >= 4 is 5.52 Å². The summed E-state index contributed by atoms with van der Waals surface area (Å²) in [6.45, 7) is 0. The largest absolute Gasteiger partial charge is 0.264 e. The Balaban J connectivity index is 1.92. The van der Waals surface area contributed by atoms with Crippen LogP contribution < -0.4 is 0 Å². The molecule has 0 atom stereocenters. The second-order valence-corrected chi connectivity index (χ2v) is 6.04. The summed E-state index contributed by atoms with van der Waals surface area (Å²) in [7, 11) is 0. The Labute approximate surface area is 159 Å². The SMILES string of the molecule is N#Cc1c(-c2ccccn2)nn2ccc(-c3cccnc3)c2c1-c1cn[nH]n1. The molecule has 0 radical (unpaired) electrons. The van der Waals surface area contributed by atoms with Crippen molar-refractivity contribution in [1.82, 2.24) is 35.0 Å². The molecule has 0 amide bonds. The zero-order valence-corrected chi connectivity index (χ0v) is 14.5. The van der Waals surface area contributed by atoms with Gasteiger partial charge in [-0.1, -0.05) is 12.1 Å². The van der Waals surface area contributed by atoms with E-state index in [1.54, 1.807) is 29.3 Å². The highest BCUT2D eigenvalue weighted by molar-refractivity contribution is 5.96. The smallest absolute Gasteiger partial charge is 0.128 e. The third-order valence-corrected chi connectivity index (χ3v) is 4.46. The highest BCUT2D eigenvalue weighted by Crippen LogP contribution is 2.37. The summed E-state index contributed by atoms with van der Waals surface area (Å²) in [5.41, 5.74) is 5.29. The van der Waals surface area contributed by atoms with Crippen molar-refractivity contribution in [2.75, 3.05) is 0 Å². The molecule has 5 aromatic rings. The fraction of sp³-hybridized carbons (Fsp3) is 0. The number of hydrogen-bond donors (Lipinski definition) is 1. The molecular weight excluding hydrogens is 352 g/mol. The number of nitrogens with one attached hydrogen (secondary N) is 1. The van der Waals surface area contributed by atoms with E-state index in [2.05, 4.69) is 36.5 Å². The summed E-state index contributed by atoms with van der Waals surface area (Å²) >= 11 is 0. The standard InChI is InChI=1S/C20H12N8/c21-10-15-18(17-12-24-27-25-17)20-14(13-4-3-7-22-11-13)6-9-28(20)26-19(15)16-5-1-2-8-23-16/h1-9,11-12H,(H,24,25,27). The molecule has 0 saturated carbocycles. The number of aromatic amines is 1. The number of hydrogen-bond acceptors (Lipinski definition) is 6. The predicted molar refractivity (Wildman–Crippen MR) is 102 cm³/mol. The molecule has 1 N–H and O–H groups in total. The highest BCUT2D eigenvalue weighted by Gasteiger charge is 2.23. The van der Waals surface area contributed by atoms with Crippen LogP contribution >= 0.6 is 0 Å². The minimum Gasteiger partial charge on any atom is -0.264 e. The van der Waals surface area contributed by atoms with Gasteiger partial charge in [-0.25, -0.2) is 4.52 Å². The number of nitriles is 1. The Bertz CT molecular complexity index is 1300. The van der Waals surface area contributed by atoms with Crippen LogP contribution in [-0.2, 0) is 0 Å². The van der Waals surface area contributed by atoms with E-state index >= 15 is 0 Å². The van der Waals surface area contributed by atoms with E-state index < -0.39 is 0 Å². The van der Waals surface area contributed by atoms with Gasteiger partial charge in [0.2, 0.25) is 0 Å². The average Bonchev–Trinajstić information content (AvgIpc) is 3.44. The van der Waals surface area contributed by atoms with Gasteiger partial charge in [-0.2, -0.15) is 25.8 Å². The van der Waals surface area contributed by atoms with Gasteiger partial charge in [0, 0.05) is 35.9 Å². The van der Waals surface area contributed by atoms with Crippen LogP contribution in [-0.4, -0.2) is 35.0 Å². The van der Waals surface area contributed by atoms with Gasteiger partial charge >= 0.3 is 0 Å². The van der Waals surface area contributed by atoms with Crippen LogP contribution in [0, 0.1) is 11.3 Å². The van der Waals surface area contributed by atoms with Crippen LogP contribution in [0.3, 0.4) is 0 Å². The average molecular weight is 364 g/mol. The summed E-state index contributed by atoms with van der Waals surface area (Å²) < 4.78 is 1.75. The van der Waals surface area contributed by atoms with Gasteiger partial charge in [0.1, 0.15) is 17.5 Å². The Morgan fingerprint density at radius 2 is 1.96 bits per heavy atom. The molecule has 0 bridgehead atoms. The zero-order valence-electron chi connectivity index (χ0n) is 14.5. The summed E-state index contributed by atoms with van der Waals surface area (Å²) in [6, 6.07) is 13.6. The Morgan fingerprint density at radius 1 is 1.00 bits per heavy atom. The zero-order chi connectivity index (χ0) is 18.9. The highest BCUT2D eigenvalue weighted by atomic mass is 15.3. The van der Waals surface area contributed by atoms with Crippen molar-refractivity contribution < 1.29 is 0 Å². The number of nitrogens with zero attached hydrogens (tertiary/aromatic N) is 7. The van der Waals surface area contributed by atoms with Crippen LogP contribution in [0.5, 0.6) is 0 Å². The maximum atomic E-state index is 10.0. The lowest BCUT2D eigenvalue weighted by Crippen LogP contribution is -2.03. The molecule has 5 rings (SSSR count). The molecule has 0 aliphatic rings. The molecule has 132 valence electrons. The number of pyridine rings is 2. The Morgan fingerprint density at radius 3 is 2.68 bits per heavy atom. The predicted octanol–water partition coefficient (Wildman–Crippen LogP) is 3.12. The summed E-state index contributed by atoms with van der Waals surface area (Å²) in [5.74, 6) is 0. The molecule has 28 heavy (non-hydrogen) atoms. The monoisotopic (exact) mass is 364 g/mol. The lowest BCUT2D eigenvalue weighted by Gasteiger charge is -2.11. The van der Waals surface area contributed by atoms with E-state index in [0.29, 0.717) is 28.2 Å². The fourth-order valence-electron chi connectivity index (χ4n) is 3.27. The first kappa shape index (κ1) is 15.8. The van der Waals surface area contributed by atoms with Crippen LogP contribution in [0.15, 0.2) is 67.4 Å². The normalized spacial score (nSPS) is 10.8. The maximum absolute atomic E-state index is 10.0. The Kier molecular flexibility index (Phi) is 3.63. The van der Waals surface area contributed by atoms with Crippen LogP contribution in [0.25, 0.3) is 39.3 Å². The van der Waals surface area contributed by atoms with Gasteiger partial charge in [-0.15, -0.1) is 0 Å².